The molecule has 0 N–H and O–H groups in total. The van der Waals surface area contributed by atoms with E-state index in [1.165, 1.54) is 0 Å². The number of rotatable bonds is 15. The maximum atomic E-state index is 12.1. The van der Waals surface area contributed by atoms with E-state index in [1.807, 2.05) is 6.92 Å². The Bertz CT molecular complexity index is 510. The molecule has 0 bridgehead atoms. The first kappa shape index (κ1) is 23.1. The summed E-state index contributed by atoms with van der Waals surface area (Å²) in [6.45, 7) is 10.0. The van der Waals surface area contributed by atoms with Crippen molar-refractivity contribution in [2.24, 2.45) is 0 Å². The van der Waals surface area contributed by atoms with Crippen LogP contribution in [0.3, 0.4) is 0 Å². The van der Waals surface area contributed by atoms with Crippen molar-refractivity contribution in [3.63, 3.8) is 0 Å². The number of hydrogen-bond donors (Lipinski definition) is 0. The second kappa shape index (κ2) is 14.2. The first-order chi connectivity index (χ1) is 13.2. The summed E-state index contributed by atoms with van der Waals surface area (Å²) in [6, 6.07) is 3.60. The summed E-state index contributed by atoms with van der Waals surface area (Å²) in [4.78, 5) is 12.1. The molecule has 27 heavy (non-hydrogen) atoms. The Morgan fingerprint density at radius 1 is 0.741 bits per heavy atom. The third-order valence-corrected chi connectivity index (χ3v) is 3.94. The molecule has 0 aliphatic heterocycles. The number of unbranched alkanes of at least 4 members (excludes halogenated alkanes) is 3. The average molecular weight is 381 g/mol. The molecule has 154 valence electrons. The largest absolute Gasteiger partial charge is 0.493 e. The van der Waals surface area contributed by atoms with Gasteiger partial charge in [-0.25, -0.2) is 0 Å². The number of esters is 1. The van der Waals surface area contributed by atoms with Gasteiger partial charge in [0.05, 0.1) is 19.8 Å². The normalized spacial score (nSPS) is 10.5. The molecule has 0 amide bonds. The minimum Gasteiger partial charge on any atom is -0.493 e. The molecule has 0 fully saturated rings. The lowest BCUT2D eigenvalue weighted by Gasteiger charge is -2.18. The maximum Gasteiger partial charge on any atom is 0.311 e. The molecule has 1 rings (SSSR count). The minimum absolute atomic E-state index is 0.280. The van der Waals surface area contributed by atoms with Crippen LogP contribution in [0.2, 0.25) is 0 Å². The van der Waals surface area contributed by atoms with Crippen LogP contribution < -0.4 is 18.9 Å². The summed E-state index contributed by atoms with van der Waals surface area (Å²) < 4.78 is 23.3. The predicted octanol–water partition coefficient (Wildman–Crippen LogP) is 5.93. The topological polar surface area (TPSA) is 54.0 Å². The fraction of sp³-hybridized carbons (Fsp3) is 0.682. The minimum atomic E-state index is -0.280. The molecule has 1 aromatic rings. The Kier molecular flexibility index (Phi) is 12.2. The van der Waals surface area contributed by atoms with Gasteiger partial charge in [-0.05, 0) is 25.7 Å². The van der Waals surface area contributed by atoms with E-state index in [0.29, 0.717) is 49.2 Å². The Labute approximate surface area is 164 Å². The van der Waals surface area contributed by atoms with Gasteiger partial charge in [-0.15, -0.1) is 0 Å². The van der Waals surface area contributed by atoms with Crippen LogP contribution in [0.4, 0.5) is 0 Å². The van der Waals surface area contributed by atoms with Crippen molar-refractivity contribution < 1.29 is 23.7 Å². The van der Waals surface area contributed by atoms with Crippen LogP contribution in [0.25, 0.3) is 0 Å². The SMILES string of the molecule is CCCCOc1cc(OCCCC)c(OC(=O)CCC)c(OCCCC)c1. The van der Waals surface area contributed by atoms with Crippen molar-refractivity contribution in [1.29, 1.82) is 0 Å². The van der Waals surface area contributed by atoms with Crippen LogP contribution in [0.1, 0.15) is 79.1 Å². The van der Waals surface area contributed by atoms with Crippen molar-refractivity contribution in [2.75, 3.05) is 19.8 Å². The standard InChI is InChI=1S/C22H36O5/c1-5-9-13-24-18-16-19(25-14-10-6-2)22(27-21(23)12-8-4)20(17-18)26-15-11-7-3/h16-17H,5-15H2,1-4H3. The maximum absolute atomic E-state index is 12.1. The third kappa shape index (κ3) is 9.03. The molecule has 0 saturated heterocycles. The molecular formula is C22H36O5. The van der Waals surface area contributed by atoms with Crippen LogP contribution in [-0.2, 0) is 4.79 Å². The van der Waals surface area contributed by atoms with Crippen molar-refractivity contribution >= 4 is 5.97 Å². The summed E-state index contributed by atoms with van der Waals surface area (Å²) in [5.74, 6) is 1.78. The second-order valence-corrected chi connectivity index (χ2v) is 6.58. The van der Waals surface area contributed by atoms with E-state index in [9.17, 15) is 4.79 Å². The molecule has 0 radical (unpaired) electrons. The first-order valence-corrected chi connectivity index (χ1v) is 10.4. The van der Waals surface area contributed by atoms with E-state index < -0.39 is 0 Å². The molecule has 0 unspecified atom stereocenters. The van der Waals surface area contributed by atoms with Crippen LogP contribution in [0, 0.1) is 0 Å². The monoisotopic (exact) mass is 380 g/mol. The lowest BCUT2D eigenvalue weighted by Crippen LogP contribution is -2.11. The van der Waals surface area contributed by atoms with E-state index in [4.69, 9.17) is 18.9 Å². The summed E-state index contributed by atoms with van der Waals surface area (Å²) in [6.07, 6.45) is 7.03. The van der Waals surface area contributed by atoms with Crippen LogP contribution in [0.15, 0.2) is 12.1 Å². The molecule has 0 aromatic heterocycles. The molecular weight excluding hydrogens is 344 g/mol. The van der Waals surface area contributed by atoms with Gasteiger partial charge in [-0.2, -0.15) is 0 Å². The number of carbonyl (C=O) groups is 1. The Morgan fingerprint density at radius 3 is 1.67 bits per heavy atom. The van der Waals surface area contributed by atoms with E-state index >= 15 is 0 Å². The van der Waals surface area contributed by atoms with E-state index in [0.717, 1.165) is 44.9 Å². The molecule has 0 heterocycles. The highest BCUT2D eigenvalue weighted by molar-refractivity contribution is 5.75. The zero-order chi connectivity index (χ0) is 19.9. The second-order valence-electron chi connectivity index (χ2n) is 6.58. The fourth-order valence-electron chi connectivity index (χ4n) is 2.31. The van der Waals surface area contributed by atoms with Gasteiger partial charge in [0.15, 0.2) is 11.5 Å². The Morgan fingerprint density at radius 2 is 1.22 bits per heavy atom. The Balaban J connectivity index is 3.12. The quantitative estimate of drug-likeness (QED) is 0.214. The van der Waals surface area contributed by atoms with Gasteiger partial charge in [-0.1, -0.05) is 47.0 Å². The third-order valence-electron chi connectivity index (χ3n) is 3.94. The van der Waals surface area contributed by atoms with Crippen molar-refractivity contribution in [2.45, 2.75) is 79.1 Å². The van der Waals surface area contributed by atoms with Crippen LogP contribution in [-0.4, -0.2) is 25.8 Å². The molecule has 5 heteroatoms. The average Bonchev–Trinajstić information content (AvgIpc) is 2.65. The summed E-state index contributed by atoms with van der Waals surface area (Å²) in [5, 5.41) is 0. The van der Waals surface area contributed by atoms with Crippen molar-refractivity contribution in [3.05, 3.63) is 12.1 Å². The highest BCUT2D eigenvalue weighted by Gasteiger charge is 2.19. The summed E-state index contributed by atoms with van der Waals surface area (Å²) in [7, 11) is 0. The molecule has 0 spiro atoms. The number of benzene rings is 1. The van der Waals surface area contributed by atoms with Gasteiger partial charge >= 0.3 is 5.97 Å². The van der Waals surface area contributed by atoms with Gasteiger partial charge in [0.2, 0.25) is 5.75 Å². The molecule has 5 nitrogen and oxygen atoms in total. The zero-order valence-electron chi connectivity index (χ0n) is 17.5. The van der Waals surface area contributed by atoms with Gasteiger partial charge in [0.25, 0.3) is 0 Å². The van der Waals surface area contributed by atoms with Gasteiger partial charge in [0.1, 0.15) is 5.75 Å². The molecule has 0 aliphatic rings. The lowest BCUT2D eigenvalue weighted by molar-refractivity contribution is -0.134. The zero-order valence-corrected chi connectivity index (χ0v) is 17.5. The van der Waals surface area contributed by atoms with E-state index in [-0.39, 0.29) is 5.97 Å². The Hall–Kier alpha value is -1.91. The highest BCUT2D eigenvalue weighted by atomic mass is 16.6. The van der Waals surface area contributed by atoms with E-state index in [1.54, 1.807) is 12.1 Å². The molecule has 0 aliphatic carbocycles. The predicted molar refractivity (Wildman–Crippen MR) is 108 cm³/mol. The number of hydrogen-bond acceptors (Lipinski definition) is 5. The van der Waals surface area contributed by atoms with Crippen LogP contribution in [0.5, 0.6) is 23.0 Å². The fourth-order valence-corrected chi connectivity index (χ4v) is 2.31. The van der Waals surface area contributed by atoms with E-state index in [2.05, 4.69) is 20.8 Å². The molecule has 1 aromatic carbocycles. The number of carbonyl (C=O) groups excluding carboxylic acids is 1. The molecule has 0 saturated carbocycles. The van der Waals surface area contributed by atoms with Crippen molar-refractivity contribution in [1.82, 2.24) is 0 Å². The number of ether oxygens (including phenoxy) is 4. The van der Waals surface area contributed by atoms with Crippen molar-refractivity contribution in [3.8, 4) is 23.0 Å². The summed E-state index contributed by atoms with van der Waals surface area (Å²) >= 11 is 0. The molecule has 0 atom stereocenters. The smallest absolute Gasteiger partial charge is 0.311 e. The summed E-state index contributed by atoms with van der Waals surface area (Å²) in [5.41, 5.74) is 0. The first-order valence-electron chi connectivity index (χ1n) is 10.4. The van der Waals surface area contributed by atoms with Gasteiger partial charge in [-0.3, -0.25) is 4.79 Å². The van der Waals surface area contributed by atoms with Gasteiger partial charge < -0.3 is 18.9 Å². The van der Waals surface area contributed by atoms with Crippen LogP contribution >= 0.6 is 0 Å². The lowest BCUT2D eigenvalue weighted by atomic mass is 10.2. The van der Waals surface area contributed by atoms with Gasteiger partial charge in [0, 0.05) is 18.6 Å². The highest BCUT2D eigenvalue weighted by Crippen LogP contribution is 2.42.